The van der Waals surface area contributed by atoms with Crippen molar-refractivity contribution in [1.82, 2.24) is 10.2 Å². The molecule has 110 valence electrons. The molecule has 2 rings (SSSR count). The largest absolute Gasteiger partial charge is 0.376 e. The van der Waals surface area contributed by atoms with Crippen LogP contribution in [-0.4, -0.2) is 62.4 Å². The fourth-order valence-electron chi connectivity index (χ4n) is 2.69. The number of rotatable bonds is 7. The van der Waals surface area contributed by atoms with Crippen molar-refractivity contribution in [1.29, 1.82) is 0 Å². The molecule has 0 spiro atoms. The first kappa shape index (κ1) is 14.8. The molecule has 2 unspecified atom stereocenters. The van der Waals surface area contributed by atoms with Crippen molar-refractivity contribution in [3.63, 3.8) is 0 Å². The Hall–Kier alpha value is -0.650. The van der Waals surface area contributed by atoms with Crippen LogP contribution in [0.4, 0.5) is 0 Å². The summed E-state index contributed by atoms with van der Waals surface area (Å²) in [5, 5.41) is 3.11. The minimum absolute atomic E-state index is 0.160. The molecule has 2 aliphatic heterocycles. The molecular formula is C14H26N2O3. The Kier molecular flexibility index (Phi) is 6.07. The van der Waals surface area contributed by atoms with Gasteiger partial charge in [0.2, 0.25) is 5.91 Å². The van der Waals surface area contributed by atoms with Crippen LogP contribution < -0.4 is 5.32 Å². The summed E-state index contributed by atoms with van der Waals surface area (Å²) in [6.45, 7) is 6.33. The normalized spacial score (nSPS) is 26.8. The van der Waals surface area contributed by atoms with E-state index in [4.69, 9.17) is 9.47 Å². The van der Waals surface area contributed by atoms with Crippen molar-refractivity contribution in [2.45, 2.75) is 44.8 Å². The molecule has 1 amide bonds. The molecule has 1 N–H and O–H groups in total. The zero-order valence-corrected chi connectivity index (χ0v) is 11.9. The Bertz CT molecular complexity index is 256. The third-order valence-corrected chi connectivity index (χ3v) is 3.77. The molecule has 2 aliphatic rings. The molecule has 0 saturated carbocycles. The van der Waals surface area contributed by atoms with Crippen LogP contribution in [0.1, 0.15) is 32.6 Å². The number of hydrogen-bond donors (Lipinski definition) is 1. The van der Waals surface area contributed by atoms with Gasteiger partial charge in [0.15, 0.2) is 0 Å². The Morgan fingerprint density at radius 1 is 1.16 bits per heavy atom. The van der Waals surface area contributed by atoms with Gasteiger partial charge in [-0.1, -0.05) is 6.92 Å². The Balaban J connectivity index is 1.84. The quantitative estimate of drug-likeness (QED) is 0.743. The van der Waals surface area contributed by atoms with Gasteiger partial charge >= 0.3 is 0 Å². The monoisotopic (exact) mass is 270 g/mol. The summed E-state index contributed by atoms with van der Waals surface area (Å²) in [7, 11) is 0. The van der Waals surface area contributed by atoms with E-state index >= 15 is 0 Å². The third-order valence-electron chi connectivity index (χ3n) is 3.77. The molecule has 0 radical (unpaired) electrons. The topological polar surface area (TPSA) is 50.8 Å². The summed E-state index contributed by atoms with van der Waals surface area (Å²) in [5.74, 6) is 0.160. The Morgan fingerprint density at radius 3 is 2.16 bits per heavy atom. The highest BCUT2D eigenvalue weighted by Gasteiger charge is 2.26. The van der Waals surface area contributed by atoms with Gasteiger partial charge in [0.1, 0.15) is 0 Å². The van der Waals surface area contributed by atoms with Crippen LogP contribution in [0, 0.1) is 0 Å². The fraction of sp³-hybridized carbons (Fsp3) is 0.929. The number of nitrogens with one attached hydrogen (secondary N) is 1. The average molecular weight is 270 g/mol. The lowest BCUT2D eigenvalue weighted by atomic mass is 10.2. The van der Waals surface area contributed by atoms with Gasteiger partial charge in [0.05, 0.1) is 18.8 Å². The molecule has 2 fully saturated rings. The smallest absolute Gasteiger partial charge is 0.236 e. The number of carbonyl (C=O) groups excluding carboxylic acids is 1. The lowest BCUT2D eigenvalue weighted by molar-refractivity contribution is -0.133. The molecule has 5 nitrogen and oxygen atoms in total. The minimum atomic E-state index is 0.160. The van der Waals surface area contributed by atoms with Gasteiger partial charge in [-0.15, -0.1) is 0 Å². The summed E-state index contributed by atoms with van der Waals surface area (Å²) in [5.41, 5.74) is 0. The third kappa shape index (κ3) is 4.75. The predicted molar refractivity (Wildman–Crippen MR) is 73.1 cm³/mol. The van der Waals surface area contributed by atoms with E-state index in [0.29, 0.717) is 19.6 Å². The second-order valence-corrected chi connectivity index (χ2v) is 5.35. The summed E-state index contributed by atoms with van der Waals surface area (Å²) in [6, 6.07) is 0. The lowest BCUT2D eigenvalue weighted by Crippen LogP contribution is -2.45. The van der Waals surface area contributed by atoms with Crippen LogP contribution in [0.2, 0.25) is 0 Å². The molecule has 0 aromatic carbocycles. The highest BCUT2D eigenvalue weighted by Crippen LogP contribution is 2.17. The second-order valence-electron chi connectivity index (χ2n) is 5.35. The molecule has 2 saturated heterocycles. The molecule has 5 heteroatoms. The average Bonchev–Trinajstić information content (AvgIpc) is 3.08. The maximum atomic E-state index is 12.2. The Morgan fingerprint density at radius 2 is 1.74 bits per heavy atom. The Labute approximate surface area is 115 Å². The van der Waals surface area contributed by atoms with E-state index in [2.05, 4.69) is 5.32 Å². The van der Waals surface area contributed by atoms with Gasteiger partial charge in [-0.3, -0.25) is 4.79 Å². The highest BCUT2D eigenvalue weighted by atomic mass is 16.5. The maximum Gasteiger partial charge on any atom is 0.236 e. The van der Waals surface area contributed by atoms with Crippen LogP contribution in [0.3, 0.4) is 0 Å². The first-order chi connectivity index (χ1) is 9.29. The van der Waals surface area contributed by atoms with Crippen LogP contribution >= 0.6 is 0 Å². The lowest BCUT2D eigenvalue weighted by Gasteiger charge is -2.28. The van der Waals surface area contributed by atoms with Crippen LogP contribution in [-0.2, 0) is 14.3 Å². The molecule has 0 bridgehead atoms. The van der Waals surface area contributed by atoms with Gasteiger partial charge < -0.3 is 19.7 Å². The van der Waals surface area contributed by atoms with E-state index in [-0.39, 0.29) is 18.1 Å². The summed E-state index contributed by atoms with van der Waals surface area (Å²) < 4.78 is 11.3. The van der Waals surface area contributed by atoms with Gasteiger partial charge in [-0.25, -0.2) is 0 Å². The molecule has 0 aliphatic carbocycles. The van der Waals surface area contributed by atoms with Gasteiger partial charge in [0.25, 0.3) is 0 Å². The fourth-order valence-corrected chi connectivity index (χ4v) is 2.69. The van der Waals surface area contributed by atoms with Gasteiger partial charge in [0, 0.05) is 26.3 Å². The van der Waals surface area contributed by atoms with Crippen molar-refractivity contribution in [2.24, 2.45) is 0 Å². The number of carbonyl (C=O) groups is 1. The van der Waals surface area contributed by atoms with E-state index in [1.54, 1.807) is 0 Å². The number of nitrogens with zero attached hydrogens (tertiary/aromatic N) is 1. The van der Waals surface area contributed by atoms with Gasteiger partial charge in [-0.05, 0) is 32.2 Å². The molecular weight excluding hydrogens is 244 g/mol. The zero-order valence-electron chi connectivity index (χ0n) is 11.9. The molecule has 2 heterocycles. The molecule has 0 aromatic heterocycles. The first-order valence-electron chi connectivity index (χ1n) is 7.51. The van der Waals surface area contributed by atoms with E-state index in [1.165, 1.54) is 0 Å². The summed E-state index contributed by atoms with van der Waals surface area (Å²) in [4.78, 5) is 14.2. The number of likely N-dealkylation sites (N-methyl/N-ethyl adjacent to an activating group) is 1. The van der Waals surface area contributed by atoms with Crippen LogP contribution in [0.15, 0.2) is 0 Å². The summed E-state index contributed by atoms with van der Waals surface area (Å²) in [6.07, 6.45) is 4.78. The van der Waals surface area contributed by atoms with E-state index in [9.17, 15) is 4.79 Å². The molecule has 2 atom stereocenters. The first-order valence-corrected chi connectivity index (χ1v) is 7.51. The van der Waals surface area contributed by atoms with Crippen molar-refractivity contribution < 1.29 is 14.3 Å². The van der Waals surface area contributed by atoms with Crippen molar-refractivity contribution in [2.75, 3.05) is 39.4 Å². The number of hydrogen-bond acceptors (Lipinski definition) is 4. The van der Waals surface area contributed by atoms with Gasteiger partial charge in [-0.2, -0.15) is 0 Å². The van der Waals surface area contributed by atoms with Crippen molar-refractivity contribution >= 4 is 5.91 Å². The number of amides is 1. The minimum Gasteiger partial charge on any atom is -0.376 e. The second kappa shape index (κ2) is 7.82. The van der Waals surface area contributed by atoms with Crippen LogP contribution in [0.5, 0.6) is 0 Å². The SMILES string of the molecule is CCNCC(=O)N(CC1CCCO1)CC1CCCO1. The highest BCUT2D eigenvalue weighted by molar-refractivity contribution is 5.78. The predicted octanol–water partition coefficient (Wildman–Crippen LogP) is 0.783. The summed E-state index contributed by atoms with van der Waals surface area (Å²) >= 11 is 0. The van der Waals surface area contributed by atoms with E-state index < -0.39 is 0 Å². The van der Waals surface area contributed by atoms with E-state index in [0.717, 1.165) is 45.4 Å². The van der Waals surface area contributed by atoms with E-state index in [1.807, 2.05) is 11.8 Å². The van der Waals surface area contributed by atoms with Crippen molar-refractivity contribution in [3.05, 3.63) is 0 Å². The maximum absolute atomic E-state index is 12.2. The molecule has 0 aromatic rings. The standard InChI is InChI=1S/C14H26N2O3/c1-2-15-9-14(17)16(10-12-5-3-7-18-12)11-13-6-4-8-19-13/h12-13,15H,2-11H2,1H3. The molecule has 19 heavy (non-hydrogen) atoms. The zero-order chi connectivity index (χ0) is 13.5. The van der Waals surface area contributed by atoms with Crippen LogP contribution in [0.25, 0.3) is 0 Å². The van der Waals surface area contributed by atoms with Crippen molar-refractivity contribution in [3.8, 4) is 0 Å². The number of ether oxygens (including phenoxy) is 2.